The van der Waals surface area contributed by atoms with Crippen LogP contribution in [-0.2, 0) is 33.8 Å². The van der Waals surface area contributed by atoms with E-state index in [1.165, 1.54) is 18.2 Å². The van der Waals surface area contributed by atoms with Crippen molar-refractivity contribution >= 4 is 18.5 Å². The Balaban J connectivity index is -0.000000511. The van der Waals surface area contributed by atoms with E-state index in [-0.39, 0.29) is 39.5 Å². The molecule has 222 valence electrons. The second kappa shape index (κ2) is 25.0. The first kappa shape index (κ1) is 38.8. The number of aromatic nitrogens is 3. The number of carboxylic acid groups (broad SMARTS) is 3. The molecule has 1 aromatic rings. The Morgan fingerprint density at radius 1 is 0.564 bits per heavy atom. The third kappa shape index (κ3) is 20.1. The predicted molar refractivity (Wildman–Crippen MR) is 133 cm³/mol. The van der Waals surface area contributed by atoms with Crippen LogP contribution in [-0.4, -0.2) is 102 Å². The average Bonchev–Trinajstić information content (AvgIpc) is 2.89. The molecule has 0 aliphatic carbocycles. The van der Waals surface area contributed by atoms with Crippen molar-refractivity contribution in [1.82, 2.24) is 13.7 Å². The first-order valence-electron chi connectivity index (χ1n) is 10.6. The molecular weight excluding hydrogens is 534 g/mol. The summed E-state index contributed by atoms with van der Waals surface area (Å²) in [6.45, 7) is 7.85. The number of aliphatic hydroxyl groups excluding tert-OH is 3. The van der Waals surface area contributed by atoms with E-state index in [2.05, 4.69) is 33.9 Å². The van der Waals surface area contributed by atoms with Crippen molar-refractivity contribution in [1.29, 1.82) is 0 Å². The Bertz CT molecular complexity index is 908. The summed E-state index contributed by atoms with van der Waals surface area (Å²) >= 11 is 0. The van der Waals surface area contributed by atoms with Crippen molar-refractivity contribution < 1.29 is 59.2 Å². The lowest BCUT2D eigenvalue weighted by Gasteiger charge is -2.11. The minimum absolute atomic E-state index is 0.0648. The van der Waals surface area contributed by atoms with E-state index in [1.54, 1.807) is 0 Å². The number of rotatable bonds is 12. The summed E-state index contributed by atoms with van der Waals surface area (Å²) in [4.78, 5) is 63.8. The largest absolute Gasteiger partial charge is 0.506 e. The Morgan fingerprint density at radius 2 is 0.769 bits per heavy atom. The van der Waals surface area contributed by atoms with Crippen molar-refractivity contribution in [3.8, 4) is 0 Å². The van der Waals surface area contributed by atoms with Crippen LogP contribution in [0.25, 0.3) is 0 Å². The van der Waals surface area contributed by atoms with Crippen LogP contribution in [0.2, 0.25) is 0 Å². The summed E-state index contributed by atoms with van der Waals surface area (Å²) < 4.78 is 14.0. The van der Waals surface area contributed by atoms with Crippen LogP contribution in [0.3, 0.4) is 0 Å². The quantitative estimate of drug-likeness (QED) is 0.0978. The molecule has 18 heteroatoms. The van der Waals surface area contributed by atoms with E-state index in [0.717, 1.165) is 0 Å². The fraction of sp³-hybridized carbons (Fsp3) is 0.429. The summed E-state index contributed by atoms with van der Waals surface area (Å²) in [7, 11) is 0. The van der Waals surface area contributed by atoms with Gasteiger partial charge in [0.05, 0.1) is 39.5 Å². The highest BCUT2D eigenvalue weighted by Crippen LogP contribution is 1.77. The highest BCUT2D eigenvalue weighted by molar-refractivity contribution is 5.57. The number of carbonyl (C=O) groups is 3. The van der Waals surface area contributed by atoms with Crippen molar-refractivity contribution in [3.05, 3.63) is 69.4 Å². The third-order valence-corrected chi connectivity index (χ3v) is 3.33. The Hall–Kier alpha value is -4.68. The maximum Gasteiger partial charge on any atom is 0.506 e. The van der Waals surface area contributed by atoms with Crippen molar-refractivity contribution in [3.63, 3.8) is 0 Å². The normalized spacial score (nSPS) is 9.00. The molecule has 1 aromatic heterocycles. The van der Waals surface area contributed by atoms with Crippen molar-refractivity contribution in [2.75, 3.05) is 39.6 Å². The van der Waals surface area contributed by atoms with Crippen LogP contribution in [0.4, 0.5) is 14.4 Å². The van der Waals surface area contributed by atoms with E-state index in [9.17, 15) is 28.8 Å². The van der Waals surface area contributed by atoms with Gasteiger partial charge in [0.2, 0.25) is 0 Å². The predicted octanol–water partition coefficient (Wildman–Crippen LogP) is -1.25. The van der Waals surface area contributed by atoms with E-state index in [4.69, 9.17) is 30.6 Å². The fourth-order valence-electron chi connectivity index (χ4n) is 1.95. The van der Waals surface area contributed by atoms with E-state index >= 15 is 0 Å². The molecule has 0 radical (unpaired) electrons. The SMILES string of the molecule is C=CCOC(=O)O.C=CCOC(=O)O.C=CCOC(=O)O.O=c1n(CCO)c(=O)n(CCO)c(=O)n1CCO. The zero-order chi connectivity index (χ0) is 30.8. The number of aliphatic hydroxyl groups is 3. The number of hydrogen-bond acceptors (Lipinski definition) is 12. The molecule has 0 saturated carbocycles. The fourth-order valence-corrected chi connectivity index (χ4v) is 1.95. The second-order valence-electron chi connectivity index (χ2n) is 6.07. The first-order valence-corrected chi connectivity index (χ1v) is 10.6. The van der Waals surface area contributed by atoms with Crippen LogP contribution in [0, 0.1) is 0 Å². The second-order valence-corrected chi connectivity index (χ2v) is 6.07. The van der Waals surface area contributed by atoms with Gasteiger partial charge in [-0.15, -0.1) is 0 Å². The molecule has 1 rings (SSSR count). The maximum atomic E-state index is 11.8. The molecule has 0 unspecified atom stereocenters. The summed E-state index contributed by atoms with van der Waals surface area (Å²) in [5, 5.41) is 49.7. The molecule has 0 spiro atoms. The minimum Gasteiger partial charge on any atom is -0.450 e. The van der Waals surface area contributed by atoms with Gasteiger partial charge in [0.1, 0.15) is 19.8 Å². The molecule has 0 aliphatic heterocycles. The lowest BCUT2D eigenvalue weighted by Crippen LogP contribution is -2.55. The summed E-state index contributed by atoms with van der Waals surface area (Å²) in [5.41, 5.74) is -2.66. The molecule has 0 aromatic carbocycles. The lowest BCUT2D eigenvalue weighted by atomic mass is 10.6. The van der Waals surface area contributed by atoms with E-state index < -0.39 is 55.4 Å². The minimum atomic E-state index is -1.26. The van der Waals surface area contributed by atoms with Gasteiger partial charge in [0.15, 0.2) is 0 Å². The van der Waals surface area contributed by atoms with Gasteiger partial charge in [0.25, 0.3) is 0 Å². The van der Waals surface area contributed by atoms with Crippen LogP contribution >= 0.6 is 0 Å². The monoisotopic (exact) mass is 567 g/mol. The van der Waals surface area contributed by atoms with Crippen LogP contribution in [0.5, 0.6) is 0 Å². The van der Waals surface area contributed by atoms with Gasteiger partial charge in [-0.25, -0.2) is 42.5 Å². The van der Waals surface area contributed by atoms with Crippen LogP contribution < -0.4 is 17.1 Å². The lowest BCUT2D eigenvalue weighted by molar-refractivity contribution is 0.101. The molecule has 0 bridgehead atoms. The van der Waals surface area contributed by atoms with Crippen LogP contribution in [0.15, 0.2) is 52.3 Å². The van der Waals surface area contributed by atoms with E-state index in [0.29, 0.717) is 13.7 Å². The molecule has 0 saturated heterocycles. The van der Waals surface area contributed by atoms with Crippen LogP contribution in [0.1, 0.15) is 0 Å². The number of ether oxygens (including phenoxy) is 3. The molecule has 0 aliphatic rings. The Morgan fingerprint density at radius 3 is 0.872 bits per heavy atom. The van der Waals surface area contributed by atoms with Gasteiger partial charge in [-0.2, -0.15) is 0 Å². The summed E-state index contributed by atoms with van der Waals surface area (Å²) in [5.74, 6) is 0. The number of hydrogen-bond donors (Lipinski definition) is 6. The smallest absolute Gasteiger partial charge is 0.450 e. The first-order chi connectivity index (χ1) is 18.4. The number of nitrogens with zero attached hydrogens (tertiary/aromatic N) is 3. The van der Waals surface area contributed by atoms with Gasteiger partial charge >= 0.3 is 35.5 Å². The highest BCUT2D eigenvalue weighted by atomic mass is 16.7. The third-order valence-electron chi connectivity index (χ3n) is 3.33. The molecule has 0 fully saturated rings. The summed E-state index contributed by atoms with van der Waals surface area (Å²) in [6.07, 6.45) is 0.316. The van der Waals surface area contributed by atoms with E-state index in [1.807, 2.05) is 0 Å². The average molecular weight is 568 g/mol. The van der Waals surface area contributed by atoms with Gasteiger partial charge in [-0.1, -0.05) is 38.0 Å². The molecule has 39 heavy (non-hydrogen) atoms. The zero-order valence-electron chi connectivity index (χ0n) is 20.9. The molecule has 1 heterocycles. The molecule has 0 atom stereocenters. The maximum absolute atomic E-state index is 11.8. The topological polar surface area (TPSA) is 266 Å². The highest BCUT2D eigenvalue weighted by Gasteiger charge is 2.14. The van der Waals surface area contributed by atoms with Crippen molar-refractivity contribution in [2.24, 2.45) is 0 Å². The molecule has 18 nitrogen and oxygen atoms in total. The summed E-state index contributed by atoms with van der Waals surface area (Å²) in [6, 6.07) is 0. The van der Waals surface area contributed by atoms with Gasteiger partial charge in [0, 0.05) is 0 Å². The van der Waals surface area contributed by atoms with Gasteiger partial charge < -0.3 is 44.8 Å². The van der Waals surface area contributed by atoms with Crippen molar-refractivity contribution in [2.45, 2.75) is 19.6 Å². The zero-order valence-corrected chi connectivity index (χ0v) is 20.9. The molecular formula is C21H33N3O15. The Labute approximate surface area is 220 Å². The standard InChI is InChI=1S/C9H15N3O6.3C4H6O3/c13-4-1-10-7(16)11(2-5-14)9(18)12(3-6-15)8(10)17;3*1-2-3-7-4(5)6/h13-15H,1-6H2;3*2H,1,3H2,(H,5,6). The molecule has 6 N–H and O–H groups in total. The Kier molecular flexibility index (Phi) is 24.9. The van der Waals surface area contributed by atoms with Gasteiger partial charge in [-0.05, 0) is 0 Å². The van der Waals surface area contributed by atoms with Gasteiger partial charge in [-0.3, -0.25) is 0 Å². The molecule has 0 amide bonds.